The summed E-state index contributed by atoms with van der Waals surface area (Å²) in [7, 11) is 0. The van der Waals surface area contributed by atoms with Crippen molar-refractivity contribution in [3.63, 3.8) is 0 Å². The molecule has 0 aliphatic carbocycles. The van der Waals surface area contributed by atoms with Gasteiger partial charge in [-0.25, -0.2) is 0 Å². The zero-order chi connectivity index (χ0) is 20.4. The van der Waals surface area contributed by atoms with E-state index in [4.69, 9.17) is 5.11 Å². The maximum Gasteiger partial charge on any atom is 0.305 e. The largest absolute Gasteiger partial charge is 0.507 e. The average molecular weight is 444 g/mol. The highest BCUT2D eigenvalue weighted by molar-refractivity contribution is 9.10. The van der Waals surface area contributed by atoms with E-state index in [1.807, 2.05) is 6.92 Å². The molecule has 1 fully saturated rings. The second kappa shape index (κ2) is 7.98. The molecule has 1 atom stereocenters. The lowest BCUT2D eigenvalue weighted by Crippen LogP contribution is -2.31. The van der Waals surface area contributed by atoms with E-state index in [1.54, 1.807) is 48.5 Å². The summed E-state index contributed by atoms with van der Waals surface area (Å²) < 4.78 is 0.817. The number of halogens is 1. The molecule has 1 heterocycles. The lowest BCUT2D eigenvalue weighted by atomic mass is 9.95. The molecule has 144 valence electrons. The van der Waals surface area contributed by atoms with Gasteiger partial charge in [-0.15, -0.1) is 0 Å². The van der Waals surface area contributed by atoms with Crippen LogP contribution in [0.1, 0.15) is 29.2 Å². The third kappa shape index (κ3) is 3.84. The predicted octanol–water partition coefficient (Wildman–Crippen LogP) is 3.65. The van der Waals surface area contributed by atoms with Crippen LogP contribution in [0, 0.1) is 6.92 Å². The Kier molecular flexibility index (Phi) is 5.65. The van der Waals surface area contributed by atoms with E-state index < -0.39 is 23.7 Å². The Morgan fingerprint density at radius 3 is 2.21 bits per heavy atom. The minimum absolute atomic E-state index is 0.0402. The maximum absolute atomic E-state index is 12.7. The minimum Gasteiger partial charge on any atom is -0.507 e. The quantitative estimate of drug-likeness (QED) is 0.417. The second-order valence-electron chi connectivity index (χ2n) is 6.55. The molecule has 0 spiro atoms. The molecule has 0 saturated carbocycles. The summed E-state index contributed by atoms with van der Waals surface area (Å²) in [6.07, 6.45) is -0.301. The molecule has 28 heavy (non-hydrogen) atoms. The summed E-state index contributed by atoms with van der Waals surface area (Å²) in [4.78, 5) is 37.5. The summed E-state index contributed by atoms with van der Waals surface area (Å²) in [6, 6.07) is 13.1. The van der Waals surface area contributed by atoms with Gasteiger partial charge in [0.2, 0.25) is 0 Å². The molecule has 1 amide bonds. The number of rotatable bonds is 5. The number of aliphatic hydroxyl groups excluding tert-OH is 1. The van der Waals surface area contributed by atoms with Crippen molar-refractivity contribution in [2.45, 2.75) is 19.4 Å². The number of hydrogen-bond donors (Lipinski definition) is 2. The van der Waals surface area contributed by atoms with Gasteiger partial charge in [-0.3, -0.25) is 14.4 Å². The van der Waals surface area contributed by atoms with Crippen molar-refractivity contribution in [1.29, 1.82) is 0 Å². The number of Topliss-reactive ketones (excluding diaryl/α,β-unsaturated/α-hetero) is 1. The van der Waals surface area contributed by atoms with Crippen molar-refractivity contribution in [2.24, 2.45) is 0 Å². The number of aliphatic carboxylic acids is 1. The highest BCUT2D eigenvalue weighted by Gasteiger charge is 2.46. The van der Waals surface area contributed by atoms with Crippen molar-refractivity contribution in [1.82, 2.24) is 4.90 Å². The summed E-state index contributed by atoms with van der Waals surface area (Å²) in [5.41, 5.74) is 1.98. The minimum atomic E-state index is -1.07. The van der Waals surface area contributed by atoms with Crippen LogP contribution in [0.3, 0.4) is 0 Å². The number of benzene rings is 2. The van der Waals surface area contributed by atoms with Gasteiger partial charge in [-0.1, -0.05) is 57.9 Å². The topological polar surface area (TPSA) is 94.9 Å². The van der Waals surface area contributed by atoms with Crippen LogP contribution in [-0.2, 0) is 14.4 Å². The lowest BCUT2D eigenvalue weighted by molar-refractivity contribution is -0.142. The normalized spacial score (nSPS) is 18.5. The molecule has 2 N–H and O–H groups in total. The molecule has 1 aliphatic rings. The van der Waals surface area contributed by atoms with Gasteiger partial charge in [0.25, 0.3) is 11.7 Å². The van der Waals surface area contributed by atoms with Crippen LogP contribution in [0.4, 0.5) is 0 Å². The number of carbonyl (C=O) groups excluding carboxylic acids is 2. The first-order chi connectivity index (χ1) is 13.3. The van der Waals surface area contributed by atoms with E-state index in [2.05, 4.69) is 15.9 Å². The fourth-order valence-corrected chi connectivity index (χ4v) is 3.45. The summed E-state index contributed by atoms with van der Waals surface area (Å²) in [6.45, 7) is 1.77. The predicted molar refractivity (Wildman–Crippen MR) is 107 cm³/mol. The Bertz CT molecular complexity index is 963. The molecule has 1 aliphatic heterocycles. The van der Waals surface area contributed by atoms with Gasteiger partial charge >= 0.3 is 5.97 Å². The Labute approximate surface area is 170 Å². The third-order valence-electron chi connectivity index (χ3n) is 4.62. The van der Waals surface area contributed by atoms with Crippen molar-refractivity contribution in [3.8, 4) is 0 Å². The van der Waals surface area contributed by atoms with Gasteiger partial charge in [0.1, 0.15) is 5.76 Å². The number of carbonyl (C=O) groups is 3. The average Bonchev–Trinajstić information content (AvgIpc) is 2.91. The molecular formula is C21H18BrNO5. The molecular weight excluding hydrogens is 426 g/mol. The van der Waals surface area contributed by atoms with Gasteiger partial charge in [0, 0.05) is 16.6 Å². The van der Waals surface area contributed by atoms with Gasteiger partial charge in [0.15, 0.2) is 0 Å². The van der Waals surface area contributed by atoms with Crippen LogP contribution in [0.15, 0.2) is 58.6 Å². The molecule has 2 aromatic carbocycles. The number of amides is 1. The van der Waals surface area contributed by atoms with Crippen molar-refractivity contribution >= 4 is 39.3 Å². The number of nitrogens with zero attached hydrogens (tertiary/aromatic N) is 1. The fourth-order valence-electron chi connectivity index (χ4n) is 3.19. The molecule has 1 unspecified atom stereocenters. The number of likely N-dealkylation sites (tertiary alicyclic amines) is 1. The monoisotopic (exact) mass is 443 g/mol. The van der Waals surface area contributed by atoms with Gasteiger partial charge < -0.3 is 15.1 Å². The van der Waals surface area contributed by atoms with Crippen LogP contribution in [0.2, 0.25) is 0 Å². The first kappa shape index (κ1) is 19.8. The molecule has 2 aromatic rings. The molecule has 3 rings (SSSR count). The van der Waals surface area contributed by atoms with E-state index in [-0.39, 0.29) is 24.3 Å². The molecule has 6 nitrogen and oxygen atoms in total. The van der Waals surface area contributed by atoms with Crippen LogP contribution >= 0.6 is 15.9 Å². The van der Waals surface area contributed by atoms with Crippen LogP contribution in [0.5, 0.6) is 0 Å². The van der Waals surface area contributed by atoms with Crippen LogP contribution < -0.4 is 0 Å². The van der Waals surface area contributed by atoms with Crippen LogP contribution in [-0.4, -0.2) is 39.3 Å². The molecule has 7 heteroatoms. The fraction of sp³-hybridized carbons (Fsp3) is 0.190. The Balaban J connectivity index is 2.14. The SMILES string of the molecule is Cc1ccc(C(O)=C2C(=O)C(=O)N(CCC(=O)O)C2c2ccc(Br)cc2)cc1. The molecule has 1 saturated heterocycles. The standard InChI is InChI=1S/C21H18BrNO5/c1-12-2-4-14(5-3-12)19(26)17-18(13-6-8-15(22)9-7-13)23(11-10-16(24)25)21(28)20(17)27/h2-9,18,26H,10-11H2,1H3,(H,24,25). The Morgan fingerprint density at radius 1 is 1.04 bits per heavy atom. The van der Waals surface area contributed by atoms with E-state index >= 15 is 0 Å². The van der Waals surface area contributed by atoms with E-state index in [1.165, 1.54) is 4.90 Å². The smallest absolute Gasteiger partial charge is 0.305 e. The number of aryl methyl sites for hydroxylation is 1. The Morgan fingerprint density at radius 2 is 1.64 bits per heavy atom. The van der Waals surface area contributed by atoms with E-state index in [9.17, 15) is 19.5 Å². The number of hydrogen-bond acceptors (Lipinski definition) is 4. The van der Waals surface area contributed by atoms with E-state index in [0.717, 1.165) is 10.0 Å². The number of aliphatic hydroxyl groups is 1. The van der Waals surface area contributed by atoms with Gasteiger partial charge in [0.05, 0.1) is 18.0 Å². The molecule has 0 radical (unpaired) electrons. The van der Waals surface area contributed by atoms with Crippen molar-refractivity contribution in [2.75, 3.05) is 6.54 Å². The maximum atomic E-state index is 12.7. The third-order valence-corrected chi connectivity index (χ3v) is 5.15. The zero-order valence-electron chi connectivity index (χ0n) is 15.1. The number of carboxylic acids is 1. The van der Waals surface area contributed by atoms with Crippen molar-refractivity contribution < 1.29 is 24.6 Å². The van der Waals surface area contributed by atoms with E-state index in [0.29, 0.717) is 11.1 Å². The molecule has 0 aromatic heterocycles. The number of ketones is 1. The van der Waals surface area contributed by atoms with Crippen LogP contribution in [0.25, 0.3) is 5.76 Å². The summed E-state index contributed by atoms with van der Waals surface area (Å²) in [5.74, 6) is -2.99. The second-order valence-corrected chi connectivity index (χ2v) is 7.47. The summed E-state index contributed by atoms with van der Waals surface area (Å²) >= 11 is 3.34. The first-order valence-electron chi connectivity index (χ1n) is 8.62. The summed E-state index contributed by atoms with van der Waals surface area (Å²) in [5, 5.41) is 19.8. The highest BCUT2D eigenvalue weighted by atomic mass is 79.9. The lowest BCUT2D eigenvalue weighted by Gasteiger charge is -2.24. The van der Waals surface area contributed by atoms with Gasteiger partial charge in [-0.2, -0.15) is 0 Å². The Hall–Kier alpha value is -2.93. The highest BCUT2D eigenvalue weighted by Crippen LogP contribution is 2.39. The molecule has 0 bridgehead atoms. The van der Waals surface area contributed by atoms with Crippen molar-refractivity contribution in [3.05, 3.63) is 75.3 Å². The first-order valence-corrected chi connectivity index (χ1v) is 9.41. The zero-order valence-corrected chi connectivity index (χ0v) is 16.6. The number of carboxylic acid groups (broad SMARTS) is 1. The van der Waals surface area contributed by atoms with Gasteiger partial charge in [-0.05, 0) is 24.6 Å².